The highest BCUT2D eigenvalue weighted by Crippen LogP contribution is 2.41. The summed E-state index contributed by atoms with van der Waals surface area (Å²) in [4.78, 5) is 23.2. The van der Waals surface area contributed by atoms with Gasteiger partial charge in [0.1, 0.15) is 5.78 Å². The average molecular weight is 427 g/mol. The lowest BCUT2D eigenvalue weighted by molar-refractivity contribution is -0.137. The molecule has 0 heterocycles. The standard InChI is InChI=1S/C23H38O5S/c1-3-4-13-23(2,28)14-9-11-19-18(10-7-5-6-8-12-22(26)27)20(25)17-21(19)29-16-15-24/h4,9,11,13,18-19,21,24,28H,3,5-8,10,12,14-17H2,1-2H3,(H,26,27)/b11-9+,13-4+/t18-,19-,21-,23?/m1/s1. The predicted molar refractivity (Wildman–Crippen MR) is 119 cm³/mol. The molecule has 0 saturated heterocycles. The second-order valence-electron chi connectivity index (χ2n) is 8.13. The van der Waals surface area contributed by atoms with Crippen LogP contribution in [0.5, 0.6) is 0 Å². The number of aliphatic hydroxyl groups excluding tert-OH is 1. The lowest BCUT2D eigenvalue weighted by Crippen LogP contribution is -2.21. The van der Waals surface area contributed by atoms with Crippen molar-refractivity contribution in [1.29, 1.82) is 0 Å². The van der Waals surface area contributed by atoms with Gasteiger partial charge in [-0.1, -0.05) is 50.5 Å². The van der Waals surface area contributed by atoms with Gasteiger partial charge in [-0.05, 0) is 38.5 Å². The highest BCUT2D eigenvalue weighted by atomic mass is 32.2. The molecule has 0 amide bonds. The molecule has 1 fully saturated rings. The second kappa shape index (κ2) is 14.0. The molecule has 0 aromatic heterocycles. The zero-order valence-corrected chi connectivity index (χ0v) is 18.7. The Morgan fingerprint density at radius 3 is 2.62 bits per heavy atom. The number of Topliss-reactive ketones (excluding diaryl/α,β-unsaturated/α-hetero) is 1. The van der Waals surface area contributed by atoms with Gasteiger partial charge in [-0.15, -0.1) is 0 Å². The van der Waals surface area contributed by atoms with Crippen molar-refractivity contribution in [1.82, 2.24) is 0 Å². The first-order valence-corrected chi connectivity index (χ1v) is 11.9. The van der Waals surface area contributed by atoms with Gasteiger partial charge in [0, 0.05) is 29.8 Å². The van der Waals surface area contributed by atoms with Gasteiger partial charge in [-0.3, -0.25) is 9.59 Å². The summed E-state index contributed by atoms with van der Waals surface area (Å²) in [6.45, 7) is 3.92. The molecule has 6 heteroatoms. The first-order valence-electron chi connectivity index (χ1n) is 10.8. The largest absolute Gasteiger partial charge is 0.481 e. The van der Waals surface area contributed by atoms with E-state index in [1.54, 1.807) is 18.7 Å². The predicted octanol–water partition coefficient (Wildman–Crippen LogP) is 4.37. The van der Waals surface area contributed by atoms with E-state index < -0.39 is 11.6 Å². The SMILES string of the molecule is CC/C=C/C(C)(O)C/C=C/[C@H]1[C@H](SCCO)CC(=O)[C@@H]1CCCCCCC(=O)O. The maximum absolute atomic E-state index is 12.6. The van der Waals surface area contributed by atoms with Crippen LogP contribution in [0.4, 0.5) is 0 Å². The number of carbonyl (C=O) groups excluding carboxylic acids is 1. The number of ketones is 1. The molecule has 1 aliphatic carbocycles. The molecule has 0 aromatic rings. The topological polar surface area (TPSA) is 94.8 Å². The van der Waals surface area contributed by atoms with Gasteiger partial charge in [0.25, 0.3) is 0 Å². The number of carbonyl (C=O) groups is 2. The molecule has 3 N–H and O–H groups in total. The minimum Gasteiger partial charge on any atom is -0.481 e. The summed E-state index contributed by atoms with van der Waals surface area (Å²) in [7, 11) is 0. The third-order valence-corrected chi connectivity index (χ3v) is 6.72. The Morgan fingerprint density at radius 1 is 1.24 bits per heavy atom. The van der Waals surface area contributed by atoms with Crippen molar-refractivity contribution in [3.8, 4) is 0 Å². The Bertz CT molecular complexity index is 555. The van der Waals surface area contributed by atoms with E-state index in [-0.39, 0.29) is 30.1 Å². The smallest absolute Gasteiger partial charge is 0.303 e. The number of hydrogen-bond donors (Lipinski definition) is 3. The molecule has 4 atom stereocenters. The molecule has 0 bridgehead atoms. The van der Waals surface area contributed by atoms with Crippen LogP contribution >= 0.6 is 11.8 Å². The zero-order chi connectivity index (χ0) is 21.7. The van der Waals surface area contributed by atoms with E-state index in [0.29, 0.717) is 30.8 Å². The summed E-state index contributed by atoms with van der Waals surface area (Å²) in [6.07, 6.45) is 14.3. The molecule has 0 aliphatic heterocycles. The summed E-state index contributed by atoms with van der Waals surface area (Å²) in [5.41, 5.74) is -0.886. The van der Waals surface area contributed by atoms with Crippen LogP contribution in [0, 0.1) is 11.8 Å². The van der Waals surface area contributed by atoms with Gasteiger partial charge in [-0.2, -0.15) is 11.8 Å². The van der Waals surface area contributed by atoms with E-state index in [9.17, 15) is 14.7 Å². The summed E-state index contributed by atoms with van der Waals surface area (Å²) in [6, 6.07) is 0. The minimum atomic E-state index is -0.886. The van der Waals surface area contributed by atoms with E-state index in [1.807, 2.05) is 25.2 Å². The quantitative estimate of drug-likeness (QED) is 0.266. The minimum absolute atomic E-state index is 0.0157. The normalized spacial score (nSPS) is 24.6. The fraction of sp³-hybridized carbons (Fsp3) is 0.739. The fourth-order valence-electron chi connectivity index (χ4n) is 3.84. The molecule has 0 aromatic carbocycles. The third-order valence-electron chi connectivity index (χ3n) is 5.39. The number of unbranched alkanes of at least 4 members (excludes halogenated alkanes) is 3. The van der Waals surface area contributed by atoms with Crippen molar-refractivity contribution in [2.24, 2.45) is 11.8 Å². The van der Waals surface area contributed by atoms with Crippen molar-refractivity contribution >= 4 is 23.5 Å². The number of aliphatic carboxylic acids is 1. The van der Waals surface area contributed by atoms with Crippen LogP contribution in [0.2, 0.25) is 0 Å². The number of thioether (sulfide) groups is 1. The molecule has 5 nitrogen and oxygen atoms in total. The highest BCUT2D eigenvalue weighted by Gasteiger charge is 2.40. The van der Waals surface area contributed by atoms with Crippen molar-refractivity contribution in [2.75, 3.05) is 12.4 Å². The van der Waals surface area contributed by atoms with Crippen LogP contribution in [-0.4, -0.2) is 50.3 Å². The number of carboxylic acids is 1. The Labute approximate surface area is 179 Å². The zero-order valence-electron chi connectivity index (χ0n) is 17.9. The van der Waals surface area contributed by atoms with E-state index >= 15 is 0 Å². The molecule has 166 valence electrons. The Hall–Kier alpha value is -1.11. The molecule has 1 saturated carbocycles. The van der Waals surface area contributed by atoms with E-state index in [2.05, 4.69) is 6.08 Å². The van der Waals surface area contributed by atoms with E-state index in [0.717, 1.165) is 32.1 Å². The van der Waals surface area contributed by atoms with Gasteiger partial charge in [0.2, 0.25) is 0 Å². The Morgan fingerprint density at radius 2 is 1.97 bits per heavy atom. The van der Waals surface area contributed by atoms with Crippen molar-refractivity contribution < 1.29 is 24.9 Å². The van der Waals surface area contributed by atoms with Gasteiger partial charge < -0.3 is 15.3 Å². The second-order valence-corrected chi connectivity index (χ2v) is 9.48. The maximum Gasteiger partial charge on any atom is 0.303 e. The maximum atomic E-state index is 12.6. The number of aliphatic hydroxyl groups is 2. The molecule has 1 unspecified atom stereocenters. The lowest BCUT2D eigenvalue weighted by atomic mass is 9.88. The lowest BCUT2D eigenvalue weighted by Gasteiger charge is -2.22. The van der Waals surface area contributed by atoms with E-state index in [1.165, 1.54) is 0 Å². The van der Waals surface area contributed by atoms with Gasteiger partial charge in [-0.25, -0.2) is 0 Å². The van der Waals surface area contributed by atoms with Gasteiger partial charge in [0.15, 0.2) is 0 Å². The number of allylic oxidation sites excluding steroid dienone is 2. The average Bonchev–Trinajstić information content (AvgIpc) is 2.95. The molecule has 1 rings (SSSR count). The van der Waals surface area contributed by atoms with Crippen LogP contribution in [0.3, 0.4) is 0 Å². The number of carboxylic acid groups (broad SMARTS) is 1. The fourth-order valence-corrected chi connectivity index (χ4v) is 5.04. The van der Waals surface area contributed by atoms with Crippen molar-refractivity contribution in [2.45, 2.75) is 82.5 Å². The first kappa shape index (κ1) is 25.9. The first-order chi connectivity index (χ1) is 13.8. The van der Waals surface area contributed by atoms with Crippen LogP contribution in [-0.2, 0) is 9.59 Å². The van der Waals surface area contributed by atoms with Crippen LogP contribution < -0.4 is 0 Å². The van der Waals surface area contributed by atoms with Crippen LogP contribution in [0.25, 0.3) is 0 Å². The molecular weight excluding hydrogens is 388 g/mol. The summed E-state index contributed by atoms with van der Waals surface area (Å²) in [5, 5.41) is 28.5. The Kier molecular flexibility index (Phi) is 12.5. The highest BCUT2D eigenvalue weighted by molar-refractivity contribution is 8.00. The summed E-state index contributed by atoms with van der Waals surface area (Å²) < 4.78 is 0. The summed E-state index contributed by atoms with van der Waals surface area (Å²) in [5.74, 6) is 0.274. The molecule has 0 radical (unpaired) electrons. The number of rotatable bonds is 15. The van der Waals surface area contributed by atoms with Crippen molar-refractivity contribution in [3.05, 3.63) is 24.3 Å². The van der Waals surface area contributed by atoms with Crippen LogP contribution in [0.1, 0.15) is 71.6 Å². The molecular formula is C23H38O5S. The summed E-state index contributed by atoms with van der Waals surface area (Å²) >= 11 is 1.66. The van der Waals surface area contributed by atoms with Gasteiger partial charge in [0.05, 0.1) is 12.2 Å². The van der Waals surface area contributed by atoms with Gasteiger partial charge >= 0.3 is 5.97 Å². The molecule has 1 aliphatic rings. The van der Waals surface area contributed by atoms with Crippen LogP contribution in [0.15, 0.2) is 24.3 Å². The molecule has 29 heavy (non-hydrogen) atoms. The third kappa shape index (κ3) is 10.5. The monoisotopic (exact) mass is 426 g/mol. The molecule has 0 spiro atoms. The number of hydrogen-bond acceptors (Lipinski definition) is 5. The Balaban J connectivity index is 2.65. The van der Waals surface area contributed by atoms with Crippen molar-refractivity contribution in [3.63, 3.8) is 0 Å². The van der Waals surface area contributed by atoms with E-state index in [4.69, 9.17) is 10.2 Å².